The lowest BCUT2D eigenvalue weighted by molar-refractivity contribution is 0.0935. The Labute approximate surface area is 129 Å². The van der Waals surface area contributed by atoms with Gasteiger partial charge in [0.05, 0.1) is 0 Å². The van der Waals surface area contributed by atoms with Crippen LogP contribution in [-0.4, -0.2) is 16.9 Å². The quantitative estimate of drug-likeness (QED) is 0.787. The Balaban J connectivity index is 1.58. The third kappa shape index (κ3) is 2.25. The highest BCUT2D eigenvalue weighted by atomic mass is 16.1. The number of amides is 1. The number of aromatic nitrogens is 1. The lowest BCUT2D eigenvalue weighted by Gasteiger charge is -2.12. The first-order chi connectivity index (χ1) is 10.8. The van der Waals surface area contributed by atoms with Gasteiger partial charge in [-0.15, -0.1) is 0 Å². The first-order valence-electron chi connectivity index (χ1n) is 7.52. The molecule has 3 heteroatoms. The molecule has 1 N–H and O–H groups in total. The maximum absolute atomic E-state index is 12.6. The highest BCUT2D eigenvalue weighted by molar-refractivity contribution is 6.05. The molecular formula is C19H16N2O. The number of carbonyl (C=O) groups excluding carboxylic acids is 1. The number of carbonyl (C=O) groups is 1. The van der Waals surface area contributed by atoms with E-state index in [1.807, 2.05) is 30.3 Å². The lowest BCUT2D eigenvalue weighted by atomic mass is 10.1. The summed E-state index contributed by atoms with van der Waals surface area (Å²) in [6.45, 7) is 0. The van der Waals surface area contributed by atoms with Crippen molar-refractivity contribution in [2.75, 3.05) is 0 Å². The Hall–Kier alpha value is -2.68. The topological polar surface area (TPSA) is 42.0 Å². The number of fused-ring (bicyclic) bond motifs is 2. The van der Waals surface area contributed by atoms with Crippen LogP contribution in [0.15, 0.2) is 60.8 Å². The van der Waals surface area contributed by atoms with Crippen molar-refractivity contribution in [3.63, 3.8) is 0 Å². The molecule has 3 aromatic rings. The fourth-order valence-corrected chi connectivity index (χ4v) is 3.22. The van der Waals surface area contributed by atoms with Crippen LogP contribution in [0.5, 0.6) is 0 Å². The van der Waals surface area contributed by atoms with E-state index in [0.29, 0.717) is 5.69 Å². The van der Waals surface area contributed by atoms with Crippen molar-refractivity contribution in [1.82, 2.24) is 10.3 Å². The van der Waals surface area contributed by atoms with Gasteiger partial charge in [-0.2, -0.15) is 0 Å². The van der Waals surface area contributed by atoms with E-state index in [4.69, 9.17) is 0 Å². The molecule has 0 spiro atoms. The second-order valence-electron chi connectivity index (χ2n) is 5.73. The summed E-state index contributed by atoms with van der Waals surface area (Å²) >= 11 is 0. The molecule has 1 aliphatic carbocycles. The van der Waals surface area contributed by atoms with Crippen LogP contribution in [0.25, 0.3) is 10.8 Å². The van der Waals surface area contributed by atoms with Gasteiger partial charge in [-0.25, -0.2) is 0 Å². The number of hydrogen-bond acceptors (Lipinski definition) is 2. The lowest BCUT2D eigenvalue weighted by Crippen LogP contribution is -2.35. The molecule has 22 heavy (non-hydrogen) atoms. The number of nitrogens with zero attached hydrogens (tertiary/aromatic N) is 1. The van der Waals surface area contributed by atoms with Crippen LogP contribution in [0.2, 0.25) is 0 Å². The van der Waals surface area contributed by atoms with Gasteiger partial charge in [0, 0.05) is 17.6 Å². The summed E-state index contributed by atoms with van der Waals surface area (Å²) in [5.74, 6) is -0.0883. The van der Waals surface area contributed by atoms with Crippen molar-refractivity contribution >= 4 is 16.7 Å². The first kappa shape index (κ1) is 13.0. The van der Waals surface area contributed by atoms with E-state index in [1.165, 1.54) is 11.1 Å². The second-order valence-corrected chi connectivity index (χ2v) is 5.73. The molecule has 4 rings (SSSR count). The molecule has 0 radical (unpaired) electrons. The van der Waals surface area contributed by atoms with Crippen molar-refractivity contribution in [2.45, 2.75) is 18.9 Å². The molecule has 2 aromatic carbocycles. The Kier molecular flexibility index (Phi) is 3.11. The normalized spacial score (nSPS) is 14.0. The minimum Gasteiger partial charge on any atom is -0.347 e. The minimum absolute atomic E-state index is 0.0883. The molecule has 1 amide bonds. The molecule has 1 aliphatic rings. The fraction of sp³-hybridized carbons (Fsp3) is 0.158. The predicted molar refractivity (Wildman–Crippen MR) is 86.8 cm³/mol. The van der Waals surface area contributed by atoms with Crippen molar-refractivity contribution < 1.29 is 4.79 Å². The van der Waals surface area contributed by atoms with Gasteiger partial charge < -0.3 is 5.32 Å². The van der Waals surface area contributed by atoms with Crippen molar-refractivity contribution in [3.8, 4) is 0 Å². The Morgan fingerprint density at radius 3 is 2.41 bits per heavy atom. The van der Waals surface area contributed by atoms with Crippen molar-refractivity contribution in [3.05, 3.63) is 77.6 Å². The molecule has 0 bridgehead atoms. The van der Waals surface area contributed by atoms with Gasteiger partial charge in [-0.3, -0.25) is 9.78 Å². The molecule has 0 unspecified atom stereocenters. The average molecular weight is 288 g/mol. The van der Waals surface area contributed by atoms with Gasteiger partial charge in [-0.05, 0) is 35.4 Å². The van der Waals surface area contributed by atoms with Gasteiger partial charge in [-0.1, -0.05) is 48.5 Å². The van der Waals surface area contributed by atoms with Crippen LogP contribution in [-0.2, 0) is 12.8 Å². The van der Waals surface area contributed by atoms with Crippen LogP contribution in [0.1, 0.15) is 21.6 Å². The summed E-state index contributed by atoms with van der Waals surface area (Å²) in [6.07, 6.45) is 3.49. The standard InChI is InChI=1S/C19H16N2O/c22-19(18-17-8-4-3-5-13(17)9-10-20-18)21-16-11-14-6-1-2-7-15(14)12-16/h1-10,16H,11-12H2,(H,21,22). The van der Waals surface area contributed by atoms with Gasteiger partial charge >= 0.3 is 0 Å². The molecule has 0 fully saturated rings. The van der Waals surface area contributed by atoms with E-state index in [2.05, 4.69) is 34.6 Å². The Bertz CT molecular complexity index is 826. The van der Waals surface area contributed by atoms with E-state index >= 15 is 0 Å². The molecule has 1 aromatic heterocycles. The zero-order valence-electron chi connectivity index (χ0n) is 12.1. The molecular weight excluding hydrogens is 272 g/mol. The largest absolute Gasteiger partial charge is 0.347 e. The van der Waals surface area contributed by atoms with Crippen LogP contribution in [0.4, 0.5) is 0 Å². The molecule has 0 atom stereocenters. The Morgan fingerprint density at radius 2 is 1.64 bits per heavy atom. The van der Waals surface area contributed by atoms with Crippen LogP contribution in [0.3, 0.4) is 0 Å². The zero-order chi connectivity index (χ0) is 14.9. The zero-order valence-corrected chi connectivity index (χ0v) is 12.1. The van der Waals surface area contributed by atoms with E-state index < -0.39 is 0 Å². The number of hydrogen-bond donors (Lipinski definition) is 1. The fourth-order valence-electron chi connectivity index (χ4n) is 3.22. The highest BCUT2D eigenvalue weighted by Crippen LogP contribution is 2.22. The monoisotopic (exact) mass is 288 g/mol. The SMILES string of the molecule is O=C(NC1Cc2ccccc2C1)c1nccc2ccccc12. The second kappa shape index (κ2) is 5.26. The average Bonchev–Trinajstić information content (AvgIpc) is 2.96. The highest BCUT2D eigenvalue weighted by Gasteiger charge is 2.23. The third-order valence-electron chi connectivity index (χ3n) is 4.27. The first-order valence-corrected chi connectivity index (χ1v) is 7.52. The summed E-state index contributed by atoms with van der Waals surface area (Å²) in [5.41, 5.74) is 3.17. The molecule has 1 heterocycles. The minimum atomic E-state index is -0.0883. The van der Waals surface area contributed by atoms with E-state index in [0.717, 1.165) is 23.6 Å². The van der Waals surface area contributed by atoms with Crippen LogP contribution in [0, 0.1) is 0 Å². The summed E-state index contributed by atoms with van der Waals surface area (Å²) in [4.78, 5) is 16.9. The van der Waals surface area contributed by atoms with E-state index in [-0.39, 0.29) is 11.9 Å². The smallest absolute Gasteiger partial charge is 0.270 e. The predicted octanol–water partition coefficient (Wildman–Crippen LogP) is 3.13. The summed E-state index contributed by atoms with van der Waals surface area (Å²) in [6, 6.07) is 18.3. The number of rotatable bonds is 2. The van der Waals surface area contributed by atoms with Crippen molar-refractivity contribution in [2.24, 2.45) is 0 Å². The third-order valence-corrected chi connectivity index (χ3v) is 4.27. The van der Waals surface area contributed by atoms with Gasteiger partial charge in [0.15, 0.2) is 0 Å². The van der Waals surface area contributed by atoms with E-state index in [1.54, 1.807) is 6.20 Å². The number of nitrogens with one attached hydrogen (secondary N) is 1. The van der Waals surface area contributed by atoms with Gasteiger partial charge in [0.25, 0.3) is 5.91 Å². The molecule has 0 saturated heterocycles. The summed E-state index contributed by atoms with van der Waals surface area (Å²) in [5, 5.41) is 5.07. The van der Waals surface area contributed by atoms with Gasteiger partial charge in [0.2, 0.25) is 0 Å². The summed E-state index contributed by atoms with van der Waals surface area (Å²) < 4.78 is 0. The molecule has 108 valence electrons. The molecule has 3 nitrogen and oxygen atoms in total. The van der Waals surface area contributed by atoms with Crippen LogP contribution >= 0.6 is 0 Å². The maximum atomic E-state index is 12.6. The summed E-state index contributed by atoms with van der Waals surface area (Å²) in [7, 11) is 0. The molecule has 0 saturated carbocycles. The number of pyridine rings is 1. The Morgan fingerprint density at radius 1 is 0.955 bits per heavy atom. The van der Waals surface area contributed by atoms with Gasteiger partial charge in [0.1, 0.15) is 5.69 Å². The van der Waals surface area contributed by atoms with E-state index in [9.17, 15) is 4.79 Å². The van der Waals surface area contributed by atoms with Crippen molar-refractivity contribution in [1.29, 1.82) is 0 Å². The number of benzene rings is 2. The van der Waals surface area contributed by atoms with Crippen LogP contribution < -0.4 is 5.32 Å². The maximum Gasteiger partial charge on any atom is 0.270 e. The molecule has 0 aliphatic heterocycles.